The van der Waals surface area contributed by atoms with E-state index >= 15 is 0 Å². The fourth-order valence-corrected chi connectivity index (χ4v) is 7.57. The number of rotatable bonds is 10. The van der Waals surface area contributed by atoms with Gasteiger partial charge in [0.05, 0.1) is 31.2 Å². The Balaban J connectivity index is 1.39. The van der Waals surface area contributed by atoms with Crippen LogP contribution in [-0.4, -0.2) is 68.3 Å². The van der Waals surface area contributed by atoms with Gasteiger partial charge in [-0.2, -0.15) is 0 Å². The van der Waals surface area contributed by atoms with E-state index in [2.05, 4.69) is 43.1 Å². The molecular weight excluding hydrogens is 555 g/mol. The lowest BCUT2D eigenvalue weighted by Crippen LogP contribution is -2.65. The second-order valence-corrected chi connectivity index (χ2v) is 14.9. The minimum atomic E-state index is -0.648. The number of carbonyl (C=O) groups is 2. The average Bonchev–Trinajstić information content (AvgIpc) is 3.29. The van der Waals surface area contributed by atoms with Crippen molar-refractivity contribution in [3.63, 3.8) is 0 Å². The van der Waals surface area contributed by atoms with Crippen LogP contribution in [0.3, 0.4) is 0 Å². The molecule has 1 amide bonds. The summed E-state index contributed by atoms with van der Waals surface area (Å²) >= 11 is 0. The first kappa shape index (κ1) is 32.5. The highest BCUT2D eigenvalue weighted by atomic mass is 16.7. The number of hydrogen-bond acceptors (Lipinski definition) is 7. The molecule has 3 saturated carbocycles. The number of amides is 1. The molecule has 4 aliphatic rings. The van der Waals surface area contributed by atoms with Crippen molar-refractivity contribution in [3.8, 4) is 5.75 Å². The summed E-state index contributed by atoms with van der Waals surface area (Å²) in [4.78, 5) is 28.8. The maximum absolute atomic E-state index is 13.6. The second-order valence-electron chi connectivity index (χ2n) is 14.9. The van der Waals surface area contributed by atoms with Crippen molar-refractivity contribution in [1.82, 2.24) is 10.2 Å². The third kappa shape index (κ3) is 6.56. The van der Waals surface area contributed by atoms with E-state index in [1.54, 1.807) is 13.2 Å². The van der Waals surface area contributed by atoms with Crippen LogP contribution in [0.15, 0.2) is 42.5 Å². The monoisotopic (exact) mass is 604 g/mol. The van der Waals surface area contributed by atoms with E-state index in [-0.39, 0.29) is 23.8 Å². The Morgan fingerprint density at radius 1 is 1.07 bits per heavy atom. The first-order valence-corrected chi connectivity index (χ1v) is 15.8. The van der Waals surface area contributed by atoms with Gasteiger partial charge in [0.15, 0.2) is 0 Å². The molecule has 0 spiro atoms. The van der Waals surface area contributed by atoms with E-state index in [1.165, 1.54) is 5.56 Å². The Labute approximate surface area is 263 Å². The van der Waals surface area contributed by atoms with E-state index in [4.69, 9.17) is 18.8 Å². The van der Waals surface area contributed by atoms with Crippen LogP contribution in [0.2, 0.25) is 0 Å². The molecule has 8 nitrogen and oxygen atoms in total. The van der Waals surface area contributed by atoms with Crippen LogP contribution in [0.4, 0.5) is 0 Å². The fourth-order valence-electron chi connectivity index (χ4n) is 7.57. The number of ether oxygens (including phenoxy) is 2. The number of methoxy groups -OCH3 is 1. The summed E-state index contributed by atoms with van der Waals surface area (Å²) in [7, 11) is 4.98. The predicted molar refractivity (Wildman–Crippen MR) is 171 cm³/mol. The smallest absolute Gasteiger partial charge is 0.482 e. The maximum atomic E-state index is 13.6. The van der Waals surface area contributed by atoms with Crippen LogP contribution in [-0.2, 0) is 38.2 Å². The molecule has 44 heavy (non-hydrogen) atoms. The van der Waals surface area contributed by atoms with Gasteiger partial charge in [0.25, 0.3) is 0 Å². The molecule has 5 unspecified atom stereocenters. The van der Waals surface area contributed by atoms with E-state index in [0.29, 0.717) is 29.6 Å². The van der Waals surface area contributed by atoms with Crippen LogP contribution >= 0.6 is 0 Å². The first-order valence-electron chi connectivity index (χ1n) is 15.8. The van der Waals surface area contributed by atoms with Gasteiger partial charge >= 0.3 is 13.1 Å². The SMILES string of the molecule is COc1c(CC(NC(=O)Cc2ccc(CN(C)C)cc2)B2OC3CC4CC(C4(C)C)C3(C)O2)cccc1C(=O)OC(C)(C)C. The van der Waals surface area contributed by atoms with Gasteiger partial charge in [-0.05, 0) is 101 Å². The summed E-state index contributed by atoms with van der Waals surface area (Å²) in [6.07, 6.45) is 2.66. The quantitative estimate of drug-likeness (QED) is 0.293. The zero-order chi connectivity index (χ0) is 32.0. The van der Waals surface area contributed by atoms with E-state index in [0.717, 1.165) is 30.5 Å². The minimum absolute atomic E-state index is 0.0251. The van der Waals surface area contributed by atoms with Gasteiger partial charge in [-0.25, -0.2) is 4.79 Å². The maximum Gasteiger partial charge on any atom is 0.482 e. The molecule has 238 valence electrons. The van der Waals surface area contributed by atoms with Gasteiger partial charge in [0.1, 0.15) is 16.9 Å². The van der Waals surface area contributed by atoms with E-state index in [1.807, 2.05) is 59.1 Å². The molecule has 1 N–H and O–H groups in total. The number of hydrogen-bond donors (Lipinski definition) is 1. The van der Waals surface area contributed by atoms with Crippen molar-refractivity contribution in [1.29, 1.82) is 0 Å². The first-order chi connectivity index (χ1) is 20.6. The van der Waals surface area contributed by atoms with Gasteiger partial charge in [0, 0.05) is 6.54 Å². The summed E-state index contributed by atoms with van der Waals surface area (Å²) in [5.74, 6) is 0.370. The second kappa shape index (κ2) is 12.1. The molecule has 1 aliphatic heterocycles. The highest BCUT2D eigenvalue weighted by Gasteiger charge is 2.68. The highest BCUT2D eigenvalue weighted by molar-refractivity contribution is 6.48. The van der Waals surface area contributed by atoms with Crippen LogP contribution in [0.1, 0.15) is 81.4 Å². The van der Waals surface area contributed by atoms with E-state index in [9.17, 15) is 9.59 Å². The standard InChI is InChI=1S/C35H49BN2O6/c1-33(2,3)42-32(40)26-12-10-11-24(31(26)41-9)18-29(37-30(39)17-22-13-15-23(16-14-22)21-38(7)8)36-43-28-20-25-19-27(34(25,4)5)35(28,6)44-36/h10-16,25,27-29H,17-21H2,1-9H3,(H,37,39). The van der Waals surface area contributed by atoms with Crippen LogP contribution in [0.25, 0.3) is 0 Å². The largest absolute Gasteiger partial charge is 0.496 e. The number of nitrogens with one attached hydrogen (secondary N) is 1. The zero-order valence-corrected chi connectivity index (χ0v) is 27.9. The van der Waals surface area contributed by atoms with Gasteiger partial charge in [-0.1, -0.05) is 50.2 Å². The lowest BCUT2D eigenvalue weighted by Gasteiger charge is -2.64. The van der Waals surface area contributed by atoms with Crippen molar-refractivity contribution in [2.24, 2.45) is 17.3 Å². The van der Waals surface area contributed by atoms with Gasteiger partial charge < -0.3 is 29.0 Å². The number of benzene rings is 2. The van der Waals surface area contributed by atoms with Crippen molar-refractivity contribution in [3.05, 3.63) is 64.7 Å². The van der Waals surface area contributed by atoms with Crippen molar-refractivity contribution >= 4 is 19.0 Å². The molecule has 1 saturated heterocycles. The summed E-state index contributed by atoms with van der Waals surface area (Å²) < 4.78 is 24.9. The zero-order valence-electron chi connectivity index (χ0n) is 27.9. The van der Waals surface area contributed by atoms with Crippen molar-refractivity contribution < 1.29 is 28.4 Å². The van der Waals surface area contributed by atoms with Gasteiger partial charge in [-0.3, -0.25) is 4.79 Å². The van der Waals surface area contributed by atoms with Crippen molar-refractivity contribution in [2.45, 2.75) is 97.0 Å². The molecule has 6 rings (SSSR count). The molecular formula is C35H49BN2O6. The van der Waals surface area contributed by atoms with Crippen LogP contribution in [0, 0.1) is 17.3 Å². The van der Waals surface area contributed by atoms with Crippen LogP contribution < -0.4 is 10.1 Å². The summed E-state index contributed by atoms with van der Waals surface area (Å²) in [6, 6.07) is 13.6. The topological polar surface area (TPSA) is 86.3 Å². The molecule has 1 heterocycles. The highest BCUT2D eigenvalue weighted by Crippen LogP contribution is 2.65. The van der Waals surface area contributed by atoms with E-state index < -0.39 is 30.2 Å². The Kier molecular flexibility index (Phi) is 8.97. The minimum Gasteiger partial charge on any atom is -0.496 e. The Morgan fingerprint density at radius 3 is 2.36 bits per heavy atom. The average molecular weight is 605 g/mol. The number of nitrogens with zero attached hydrogens (tertiary/aromatic N) is 1. The summed E-state index contributed by atoms with van der Waals surface area (Å²) in [5.41, 5.74) is 2.38. The van der Waals surface area contributed by atoms with Gasteiger partial charge in [-0.15, -0.1) is 0 Å². The van der Waals surface area contributed by atoms with Crippen molar-refractivity contribution in [2.75, 3.05) is 21.2 Å². The predicted octanol–water partition coefficient (Wildman–Crippen LogP) is 5.25. The lowest BCUT2D eigenvalue weighted by atomic mass is 9.43. The lowest BCUT2D eigenvalue weighted by molar-refractivity contribution is -0.199. The number of para-hydroxylation sites is 1. The molecule has 9 heteroatoms. The molecule has 0 radical (unpaired) electrons. The summed E-state index contributed by atoms with van der Waals surface area (Å²) in [5, 5.41) is 3.25. The molecule has 2 aromatic rings. The summed E-state index contributed by atoms with van der Waals surface area (Å²) in [6.45, 7) is 13.2. The molecule has 2 bridgehead atoms. The Bertz CT molecular complexity index is 1370. The third-order valence-electron chi connectivity index (χ3n) is 9.89. The number of esters is 1. The van der Waals surface area contributed by atoms with Crippen LogP contribution in [0.5, 0.6) is 5.75 Å². The van der Waals surface area contributed by atoms with Gasteiger partial charge in [0.2, 0.25) is 5.91 Å². The molecule has 3 aliphatic carbocycles. The molecule has 0 aromatic heterocycles. The Hall–Kier alpha value is -2.88. The normalized spacial score (nSPS) is 26.0. The molecule has 5 atom stereocenters. The number of carbonyl (C=O) groups excluding carboxylic acids is 2. The fraction of sp³-hybridized carbons (Fsp3) is 0.600. The Morgan fingerprint density at radius 2 is 1.75 bits per heavy atom. The molecule has 4 fully saturated rings. The molecule has 2 aromatic carbocycles. The third-order valence-corrected chi connectivity index (χ3v) is 9.89.